The quantitative estimate of drug-likeness (QED) is 0.370. The van der Waals surface area contributed by atoms with E-state index in [9.17, 15) is 9.18 Å². The lowest BCUT2D eigenvalue weighted by Gasteiger charge is -2.43. The molecule has 2 aromatic heterocycles. The second kappa shape index (κ2) is 8.28. The molecule has 1 amide bonds. The van der Waals surface area contributed by atoms with Gasteiger partial charge in [-0.25, -0.2) is 14.2 Å². The van der Waals surface area contributed by atoms with Crippen LogP contribution in [0.3, 0.4) is 0 Å². The average Bonchev–Trinajstić information content (AvgIpc) is 3.17. The van der Waals surface area contributed by atoms with E-state index in [-0.39, 0.29) is 5.82 Å². The standard InChI is InChI=1S/C28H28FN3O2/c1-27(2,3)34-26(33)31-28(16-8-17-28)21-14-12-19(13-15-21)23-24(20-9-5-4-6-10-20)32-18-7-11-22(29)25(32)30-23/h4-7,9-15,18H,8,16-17H2,1-3H3,(H,31,33). The van der Waals surface area contributed by atoms with Gasteiger partial charge in [0, 0.05) is 17.3 Å². The molecule has 0 aliphatic heterocycles. The van der Waals surface area contributed by atoms with Crippen LogP contribution >= 0.6 is 0 Å². The highest BCUT2D eigenvalue weighted by Gasteiger charge is 2.41. The van der Waals surface area contributed by atoms with Gasteiger partial charge in [-0.15, -0.1) is 0 Å². The smallest absolute Gasteiger partial charge is 0.408 e. The third-order valence-electron chi connectivity index (χ3n) is 6.31. The van der Waals surface area contributed by atoms with Crippen molar-refractivity contribution in [1.82, 2.24) is 14.7 Å². The first-order valence-corrected chi connectivity index (χ1v) is 11.6. The molecule has 174 valence electrons. The largest absolute Gasteiger partial charge is 0.444 e. The number of carbonyl (C=O) groups is 1. The summed E-state index contributed by atoms with van der Waals surface area (Å²) < 4.78 is 21.9. The monoisotopic (exact) mass is 457 g/mol. The van der Waals surface area contributed by atoms with E-state index < -0.39 is 17.2 Å². The maximum atomic E-state index is 14.6. The van der Waals surface area contributed by atoms with Crippen LogP contribution in [-0.4, -0.2) is 21.1 Å². The molecule has 1 N–H and O–H groups in total. The van der Waals surface area contributed by atoms with Crippen molar-refractivity contribution in [2.24, 2.45) is 0 Å². The Morgan fingerprint density at radius 3 is 2.32 bits per heavy atom. The molecule has 34 heavy (non-hydrogen) atoms. The van der Waals surface area contributed by atoms with Crippen molar-refractivity contribution in [3.8, 4) is 22.5 Å². The molecule has 0 spiro atoms. The molecule has 1 aliphatic carbocycles. The van der Waals surface area contributed by atoms with Crippen LogP contribution in [0.5, 0.6) is 0 Å². The number of pyridine rings is 1. The maximum Gasteiger partial charge on any atom is 0.408 e. The van der Waals surface area contributed by atoms with Gasteiger partial charge in [0.05, 0.1) is 16.9 Å². The van der Waals surface area contributed by atoms with Crippen molar-refractivity contribution >= 4 is 11.7 Å². The highest BCUT2D eigenvalue weighted by molar-refractivity contribution is 5.82. The lowest BCUT2D eigenvalue weighted by atomic mass is 9.71. The van der Waals surface area contributed by atoms with Crippen LogP contribution in [0.25, 0.3) is 28.2 Å². The summed E-state index contributed by atoms with van der Waals surface area (Å²) in [6, 6.07) is 21.0. The molecule has 2 aromatic carbocycles. The molecule has 0 atom stereocenters. The number of ether oxygens (including phenoxy) is 1. The summed E-state index contributed by atoms with van der Waals surface area (Å²) in [5.41, 5.74) is 3.75. The van der Waals surface area contributed by atoms with Crippen LogP contribution in [0.15, 0.2) is 72.9 Å². The van der Waals surface area contributed by atoms with Gasteiger partial charge in [-0.05, 0) is 57.7 Å². The number of benzene rings is 2. The van der Waals surface area contributed by atoms with Crippen LogP contribution in [-0.2, 0) is 10.3 Å². The summed E-state index contributed by atoms with van der Waals surface area (Å²) in [5.74, 6) is -0.363. The van der Waals surface area contributed by atoms with Crippen molar-refractivity contribution in [2.75, 3.05) is 0 Å². The van der Waals surface area contributed by atoms with Gasteiger partial charge in [-0.1, -0.05) is 54.6 Å². The third kappa shape index (κ3) is 4.04. The van der Waals surface area contributed by atoms with Crippen LogP contribution in [0.4, 0.5) is 9.18 Å². The normalized spacial score (nSPS) is 15.1. The molecule has 0 radical (unpaired) electrons. The first-order chi connectivity index (χ1) is 16.3. The van der Waals surface area contributed by atoms with Crippen molar-refractivity contribution < 1.29 is 13.9 Å². The number of imidazole rings is 1. The Labute approximate surface area is 198 Å². The molecule has 0 bridgehead atoms. The minimum absolute atomic E-state index is 0.294. The number of hydrogen-bond acceptors (Lipinski definition) is 3. The molecular formula is C28H28FN3O2. The lowest BCUT2D eigenvalue weighted by molar-refractivity contribution is 0.0377. The van der Waals surface area contributed by atoms with E-state index in [0.29, 0.717) is 11.3 Å². The summed E-state index contributed by atoms with van der Waals surface area (Å²) >= 11 is 0. The van der Waals surface area contributed by atoms with E-state index in [4.69, 9.17) is 4.74 Å². The van der Waals surface area contributed by atoms with Crippen molar-refractivity contribution in [1.29, 1.82) is 0 Å². The van der Waals surface area contributed by atoms with Gasteiger partial charge >= 0.3 is 6.09 Å². The Kier molecular flexibility index (Phi) is 5.39. The summed E-state index contributed by atoms with van der Waals surface area (Å²) in [4.78, 5) is 17.2. The molecule has 0 saturated heterocycles. The number of nitrogens with zero attached hydrogens (tertiary/aromatic N) is 2. The third-order valence-corrected chi connectivity index (χ3v) is 6.31. The minimum Gasteiger partial charge on any atom is -0.444 e. The number of aromatic nitrogens is 2. The first kappa shape index (κ1) is 22.1. The van der Waals surface area contributed by atoms with Gasteiger partial charge in [-0.3, -0.25) is 4.40 Å². The predicted molar refractivity (Wildman–Crippen MR) is 131 cm³/mol. The molecule has 2 heterocycles. The number of amides is 1. The number of fused-ring (bicyclic) bond motifs is 1. The Balaban J connectivity index is 1.52. The van der Waals surface area contributed by atoms with E-state index in [1.807, 2.05) is 81.6 Å². The van der Waals surface area contributed by atoms with E-state index in [1.165, 1.54) is 6.07 Å². The minimum atomic E-state index is -0.550. The molecular weight excluding hydrogens is 429 g/mol. The van der Waals surface area contributed by atoms with Crippen LogP contribution in [0.1, 0.15) is 45.6 Å². The summed E-state index contributed by atoms with van der Waals surface area (Å²) in [5, 5.41) is 3.10. The Morgan fingerprint density at radius 1 is 1.00 bits per heavy atom. The average molecular weight is 458 g/mol. The van der Waals surface area contributed by atoms with Crippen LogP contribution < -0.4 is 5.32 Å². The maximum absolute atomic E-state index is 14.6. The molecule has 5 nitrogen and oxygen atoms in total. The highest BCUT2D eigenvalue weighted by Crippen LogP contribution is 2.42. The van der Waals surface area contributed by atoms with Crippen molar-refractivity contribution in [3.63, 3.8) is 0 Å². The molecule has 5 rings (SSSR count). The number of halogens is 1. The Bertz CT molecular complexity index is 1330. The highest BCUT2D eigenvalue weighted by atomic mass is 19.1. The zero-order valence-electron chi connectivity index (χ0n) is 19.6. The van der Waals surface area contributed by atoms with Gasteiger partial charge in [0.2, 0.25) is 0 Å². The first-order valence-electron chi connectivity index (χ1n) is 11.6. The van der Waals surface area contributed by atoms with Crippen LogP contribution in [0, 0.1) is 5.82 Å². The van der Waals surface area contributed by atoms with Crippen molar-refractivity contribution in [2.45, 2.75) is 51.2 Å². The molecule has 1 aliphatic rings. The molecule has 1 fully saturated rings. The number of nitrogens with one attached hydrogen (secondary N) is 1. The zero-order valence-corrected chi connectivity index (χ0v) is 19.6. The molecule has 4 aromatic rings. The predicted octanol–water partition coefficient (Wildman–Crippen LogP) is 6.71. The van der Waals surface area contributed by atoms with Gasteiger partial charge in [0.25, 0.3) is 0 Å². The van der Waals surface area contributed by atoms with Crippen molar-refractivity contribution in [3.05, 3.63) is 84.3 Å². The lowest BCUT2D eigenvalue weighted by Crippen LogP contribution is -2.52. The zero-order chi connectivity index (χ0) is 23.9. The molecule has 0 unspecified atom stereocenters. The molecule has 6 heteroatoms. The molecule has 1 saturated carbocycles. The fourth-order valence-corrected chi connectivity index (χ4v) is 4.57. The summed E-state index contributed by atoms with van der Waals surface area (Å²) in [6.45, 7) is 5.57. The fraction of sp³-hybridized carbons (Fsp3) is 0.286. The summed E-state index contributed by atoms with van der Waals surface area (Å²) in [7, 11) is 0. The number of rotatable bonds is 4. The van der Waals surface area contributed by atoms with E-state index in [0.717, 1.165) is 41.6 Å². The van der Waals surface area contributed by atoms with E-state index >= 15 is 0 Å². The second-order valence-corrected chi connectivity index (χ2v) is 9.86. The fourth-order valence-electron chi connectivity index (χ4n) is 4.57. The van der Waals surface area contributed by atoms with Gasteiger partial charge < -0.3 is 10.1 Å². The Hall–Kier alpha value is -3.67. The number of hydrogen-bond donors (Lipinski definition) is 1. The number of alkyl carbamates (subject to hydrolysis) is 1. The van der Waals surface area contributed by atoms with Gasteiger partial charge in [0.1, 0.15) is 5.60 Å². The van der Waals surface area contributed by atoms with Gasteiger partial charge in [0.15, 0.2) is 11.5 Å². The Morgan fingerprint density at radius 2 is 1.71 bits per heavy atom. The van der Waals surface area contributed by atoms with Gasteiger partial charge in [-0.2, -0.15) is 0 Å². The van der Waals surface area contributed by atoms with Crippen LogP contribution in [0.2, 0.25) is 0 Å². The SMILES string of the molecule is CC(C)(C)OC(=O)NC1(c2ccc(-c3nc4c(F)cccn4c3-c3ccccc3)cc2)CCC1. The number of carbonyl (C=O) groups excluding carboxylic acids is 1. The van der Waals surface area contributed by atoms with E-state index in [1.54, 1.807) is 10.5 Å². The summed E-state index contributed by atoms with van der Waals surface area (Å²) in [6.07, 6.45) is 4.20. The second-order valence-electron chi connectivity index (χ2n) is 9.86. The topological polar surface area (TPSA) is 55.6 Å². The van der Waals surface area contributed by atoms with E-state index in [2.05, 4.69) is 10.3 Å².